The van der Waals surface area contributed by atoms with Crippen LogP contribution in [0, 0.1) is 0 Å². The second kappa shape index (κ2) is 5.60. The molecule has 0 atom stereocenters. The SMILES string of the molecule is FC(F)(F)Oc1cccc(NCc2ccncc2)c1. The quantitative estimate of drug-likeness (QED) is 0.920. The van der Waals surface area contributed by atoms with Gasteiger partial charge in [0.1, 0.15) is 5.75 Å². The van der Waals surface area contributed by atoms with Gasteiger partial charge in [0.25, 0.3) is 0 Å². The second-order valence-corrected chi connectivity index (χ2v) is 3.78. The van der Waals surface area contributed by atoms with E-state index in [4.69, 9.17) is 0 Å². The number of alkyl halides is 3. The van der Waals surface area contributed by atoms with Crippen LogP contribution < -0.4 is 10.1 Å². The van der Waals surface area contributed by atoms with Crippen molar-refractivity contribution in [3.8, 4) is 5.75 Å². The van der Waals surface area contributed by atoms with Gasteiger partial charge < -0.3 is 10.1 Å². The van der Waals surface area contributed by atoms with Gasteiger partial charge in [-0.25, -0.2) is 0 Å². The van der Waals surface area contributed by atoms with Crippen molar-refractivity contribution in [2.24, 2.45) is 0 Å². The number of nitrogens with zero attached hydrogens (tertiary/aromatic N) is 1. The number of aromatic nitrogens is 1. The number of anilines is 1. The third-order valence-electron chi connectivity index (χ3n) is 2.31. The standard InChI is InChI=1S/C13H11F3N2O/c14-13(15,16)19-12-3-1-2-11(8-12)18-9-10-4-6-17-7-5-10/h1-8,18H,9H2. The molecule has 0 amide bonds. The van der Waals surface area contributed by atoms with Gasteiger partial charge in [-0.1, -0.05) is 6.07 Å². The molecule has 0 fully saturated rings. The number of pyridine rings is 1. The summed E-state index contributed by atoms with van der Waals surface area (Å²) in [6, 6.07) is 9.37. The first kappa shape index (κ1) is 13.2. The number of nitrogens with one attached hydrogen (secondary N) is 1. The minimum absolute atomic E-state index is 0.243. The summed E-state index contributed by atoms with van der Waals surface area (Å²) in [6.07, 6.45) is -1.37. The number of ether oxygens (including phenoxy) is 1. The Kier molecular flexibility index (Phi) is 3.89. The van der Waals surface area contributed by atoms with Crippen LogP contribution in [0.5, 0.6) is 5.75 Å². The summed E-state index contributed by atoms with van der Waals surface area (Å²) >= 11 is 0. The molecule has 19 heavy (non-hydrogen) atoms. The highest BCUT2D eigenvalue weighted by molar-refractivity contribution is 5.48. The average molecular weight is 268 g/mol. The smallest absolute Gasteiger partial charge is 0.406 e. The van der Waals surface area contributed by atoms with E-state index < -0.39 is 6.36 Å². The number of rotatable bonds is 4. The predicted molar refractivity (Wildman–Crippen MR) is 64.7 cm³/mol. The molecule has 0 bridgehead atoms. The van der Waals surface area contributed by atoms with Crippen molar-refractivity contribution in [1.29, 1.82) is 0 Å². The first-order chi connectivity index (χ1) is 9.03. The van der Waals surface area contributed by atoms with Crippen molar-refractivity contribution < 1.29 is 17.9 Å². The molecule has 0 spiro atoms. The van der Waals surface area contributed by atoms with E-state index in [1.54, 1.807) is 18.5 Å². The number of benzene rings is 1. The molecule has 0 unspecified atom stereocenters. The molecule has 6 heteroatoms. The lowest BCUT2D eigenvalue weighted by atomic mass is 10.2. The van der Waals surface area contributed by atoms with Crippen molar-refractivity contribution in [2.75, 3.05) is 5.32 Å². The van der Waals surface area contributed by atoms with Crippen molar-refractivity contribution in [3.05, 3.63) is 54.4 Å². The maximum Gasteiger partial charge on any atom is 0.573 e. The van der Waals surface area contributed by atoms with Crippen LogP contribution in [0.1, 0.15) is 5.56 Å². The van der Waals surface area contributed by atoms with Gasteiger partial charge in [0.15, 0.2) is 0 Å². The third-order valence-corrected chi connectivity index (χ3v) is 2.31. The molecule has 0 radical (unpaired) electrons. The molecule has 1 aromatic carbocycles. The predicted octanol–water partition coefficient (Wildman–Crippen LogP) is 3.59. The van der Waals surface area contributed by atoms with Crippen LogP contribution in [-0.4, -0.2) is 11.3 Å². The minimum Gasteiger partial charge on any atom is -0.406 e. The van der Waals surface area contributed by atoms with Crippen molar-refractivity contribution in [2.45, 2.75) is 12.9 Å². The van der Waals surface area contributed by atoms with Gasteiger partial charge in [0.05, 0.1) is 0 Å². The van der Waals surface area contributed by atoms with Gasteiger partial charge in [-0.3, -0.25) is 4.98 Å². The van der Waals surface area contributed by atoms with Crippen LogP contribution in [0.4, 0.5) is 18.9 Å². The lowest BCUT2D eigenvalue weighted by molar-refractivity contribution is -0.274. The van der Waals surface area contributed by atoms with E-state index in [0.717, 1.165) is 5.56 Å². The van der Waals surface area contributed by atoms with Crippen LogP contribution in [0.15, 0.2) is 48.8 Å². The van der Waals surface area contributed by atoms with E-state index >= 15 is 0 Å². The fourth-order valence-electron chi connectivity index (χ4n) is 1.51. The highest BCUT2D eigenvalue weighted by Gasteiger charge is 2.31. The summed E-state index contributed by atoms with van der Waals surface area (Å²) in [5, 5.41) is 3.01. The van der Waals surface area contributed by atoms with E-state index in [1.165, 1.54) is 18.2 Å². The Morgan fingerprint density at radius 3 is 2.53 bits per heavy atom. The van der Waals surface area contributed by atoms with E-state index in [9.17, 15) is 13.2 Å². The third kappa shape index (κ3) is 4.50. The zero-order chi connectivity index (χ0) is 13.7. The summed E-state index contributed by atoms with van der Waals surface area (Å²) in [6.45, 7) is 0.498. The average Bonchev–Trinajstić information content (AvgIpc) is 2.36. The first-order valence-electron chi connectivity index (χ1n) is 5.51. The van der Waals surface area contributed by atoms with Crippen LogP contribution in [0.2, 0.25) is 0 Å². The lowest BCUT2D eigenvalue weighted by Crippen LogP contribution is -2.17. The molecule has 1 heterocycles. The molecule has 0 aliphatic carbocycles. The van der Waals surface area contributed by atoms with Gasteiger partial charge in [-0.05, 0) is 29.8 Å². The van der Waals surface area contributed by atoms with Crippen molar-refractivity contribution >= 4 is 5.69 Å². The molecule has 0 saturated carbocycles. The summed E-state index contributed by atoms with van der Waals surface area (Å²) in [7, 11) is 0. The van der Waals surface area contributed by atoms with Gasteiger partial charge in [0.2, 0.25) is 0 Å². The normalized spacial score (nSPS) is 11.1. The maximum atomic E-state index is 12.1. The fourth-order valence-corrected chi connectivity index (χ4v) is 1.51. The Morgan fingerprint density at radius 2 is 1.84 bits per heavy atom. The van der Waals surface area contributed by atoms with E-state index in [1.807, 2.05) is 12.1 Å². The van der Waals surface area contributed by atoms with Crippen LogP contribution in [-0.2, 0) is 6.54 Å². The Morgan fingerprint density at radius 1 is 1.11 bits per heavy atom. The molecule has 3 nitrogen and oxygen atoms in total. The summed E-state index contributed by atoms with van der Waals surface area (Å²) in [5.41, 5.74) is 1.54. The second-order valence-electron chi connectivity index (χ2n) is 3.78. The lowest BCUT2D eigenvalue weighted by Gasteiger charge is -2.11. The summed E-state index contributed by atoms with van der Waals surface area (Å²) < 4.78 is 40.1. The number of hydrogen-bond donors (Lipinski definition) is 1. The first-order valence-corrected chi connectivity index (χ1v) is 5.51. The molecule has 1 N–H and O–H groups in total. The highest BCUT2D eigenvalue weighted by atomic mass is 19.4. The summed E-state index contributed by atoms with van der Waals surface area (Å²) in [5.74, 6) is -0.243. The van der Waals surface area contributed by atoms with Crippen LogP contribution in [0.3, 0.4) is 0 Å². The van der Waals surface area contributed by atoms with E-state index in [-0.39, 0.29) is 5.75 Å². The molecule has 0 saturated heterocycles. The Bertz CT molecular complexity index is 529. The van der Waals surface area contributed by atoms with Gasteiger partial charge in [-0.15, -0.1) is 13.2 Å². The Balaban J connectivity index is 1.99. The van der Waals surface area contributed by atoms with Gasteiger partial charge in [0, 0.05) is 30.7 Å². The molecule has 1 aromatic heterocycles. The minimum atomic E-state index is -4.68. The Hall–Kier alpha value is -2.24. The number of hydrogen-bond acceptors (Lipinski definition) is 3. The highest BCUT2D eigenvalue weighted by Crippen LogP contribution is 2.25. The fraction of sp³-hybridized carbons (Fsp3) is 0.154. The zero-order valence-electron chi connectivity index (χ0n) is 9.82. The molecule has 0 aliphatic heterocycles. The molecule has 0 aliphatic rings. The largest absolute Gasteiger partial charge is 0.573 e. The molecule has 100 valence electrons. The summed E-state index contributed by atoms with van der Waals surface area (Å²) in [4.78, 5) is 3.88. The zero-order valence-corrected chi connectivity index (χ0v) is 9.82. The van der Waals surface area contributed by atoms with Crippen molar-refractivity contribution in [1.82, 2.24) is 4.98 Å². The molecular weight excluding hydrogens is 257 g/mol. The van der Waals surface area contributed by atoms with E-state index in [2.05, 4.69) is 15.0 Å². The molecular formula is C13H11F3N2O. The Labute approximate surface area is 108 Å². The number of halogens is 3. The van der Waals surface area contributed by atoms with Crippen LogP contribution in [0.25, 0.3) is 0 Å². The monoisotopic (exact) mass is 268 g/mol. The molecule has 2 rings (SSSR count). The van der Waals surface area contributed by atoms with Crippen molar-refractivity contribution in [3.63, 3.8) is 0 Å². The van der Waals surface area contributed by atoms with Crippen LogP contribution >= 0.6 is 0 Å². The van der Waals surface area contributed by atoms with Gasteiger partial charge >= 0.3 is 6.36 Å². The maximum absolute atomic E-state index is 12.1. The topological polar surface area (TPSA) is 34.1 Å². The van der Waals surface area contributed by atoms with E-state index in [0.29, 0.717) is 12.2 Å². The molecule has 2 aromatic rings. The van der Waals surface area contributed by atoms with Gasteiger partial charge in [-0.2, -0.15) is 0 Å².